The van der Waals surface area contributed by atoms with Gasteiger partial charge in [0.2, 0.25) is 5.76 Å². The van der Waals surface area contributed by atoms with E-state index in [4.69, 9.17) is 13.4 Å². The fourth-order valence-corrected chi connectivity index (χ4v) is 2.91. The van der Waals surface area contributed by atoms with E-state index >= 15 is 0 Å². The molecule has 0 aliphatic heterocycles. The summed E-state index contributed by atoms with van der Waals surface area (Å²) in [5.74, 6) is 3.27. The topological polar surface area (TPSA) is 83.0 Å². The van der Waals surface area contributed by atoms with Crippen molar-refractivity contribution in [3.63, 3.8) is 0 Å². The van der Waals surface area contributed by atoms with Gasteiger partial charge < -0.3 is 17.9 Å². The van der Waals surface area contributed by atoms with E-state index < -0.39 is 0 Å². The van der Waals surface area contributed by atoms with Crippen LogP contribution in [0.25, 0.3) is 23.1 Å². The Hall–Kier alpha value is -2.74. The van der Waals surface area contributed by atoms with Crippen molar-refractivity contribution < 1.29 is 13.4 Å². The molecule has 0 spiro atoms. The zero-order chi connectivity index (χ0) is 15.6. The first-order valence-corrected chi connectivity index (χ1v) is 7.85. The molecule has 7 nitrogen and oxygen atoms in total. The first-order valence-electron chi connectivity index (χ1n) is 6.87. The molecule has 0 bridgehead atoms. The molecule has 4 rings (SSSR count). The molecule has 0 fully saturated rings. The summed E-state index contributed by atoms with van der Waals surface area (Å²) in [4.78, 5) is 0. The first kappa shape index (κ1) is 13.9. The van der Waals surface area contributed by atoms with Gasteiger partial charge in [0.25, 0.3) is 0 Å². The Morgan fingerprint density at radius 1 is 1.04 bits per heavy atom. The van der Waals surface area contributed by atoms with Crippen molar-refractivity contribution >= 4 is 11.8 Å². The van der Waals surface area contributed by atoms with Gasteiger partial charge in [0.1, 0.15) is 0 Å². The molecule has 116 valence electrons. The Morgan fingerprint density at radius 2 is 1.83 bits per heavy atom. The molecule has 0 aliphatic carbocycles. The molecule has 23 heavy (non-hydrogen) atoms. The van der Waals surface area contributed by atoms with Crippen LogP contribution in [0.15, 0.2) is 61.4 Å². The van der Waals surface area contributed by atoms with E-state index in [0.717, 1.165) is 10.9 Å². The molecule has 4 heterocycles. The predicted octanol–water partition coefficient (Wildman–Crippen LogP) is 3.62. The fourth-order valence-electron chi connectivity index (χ4n) is 2.11. The molecule has 0 unspecified atom stereocenters. The van der Waals surface area contributed by atoms with Gasteiger partial charge in [0.15, 0.2) is 22.5 Å². The smallest absolute Gasteiger partial charge is 0.202 e. The molecule has 4 aromatic rings. The largest absolute Gasteiger partial charge is 0.461 e. The highest BCUT2D eigenvalue weighted by Crippen LogP contribution is 2.27. The van der Waals surface area contributed by atoms with Crippen molar-refractivity contribution in [3.05, 3.63) is 48.6 Å². The van der Waals surface area contributed by atoms with E-state index in [-0.39, 0.29) is 0 Å². The molecule has 0 N–H and O–H groups in total. The Morgan fingerprint density at radius 3 is 2.57 bits per heavy atom. The SMILES string of the molecule is Cn1c(SCc2cc(-c3ccco3)on2)nnc1-c1ccco1. The van der Waals surface area contributed by atoms with Crippen molar-refractivity contribution in [2.24, 2.45) is 7.05 Å². The zero-order valence-electron chi connectivity index (χ0n) is 12.2. The second kappa shape index (κ2) is 5.81. The van der Waals surface area contributed by atoms with E-state index in [9.17, 15) is 0 Å². The third-order valence-corrected chi connectivity index (χ3v) is 4.30. The number of nitrogens with zero attached hydrogens (tertiary/aromatic N) is 4. The molecule has 0 saturated carbocycles. The highest BCUT2D eigenvalue weighted by Gasteiger charge is 2.15. The monoisotopic (exact) mass is 328 g/mol. The normalized spacial score (nSPS) is 11.2. The summed E-state index contributed by atoms with van der Waals surface area (Å²) < 4.78 is 17.8. The van der Waals surface area contributed by atoms with Crippen LogP contribution in [0.3, 0.4) is 0 Å². The zero-order valence-corrected chi connectivity index (χ0v) is 13.0. The van der Waals surface area contributed by atoms with Gasteiger partial charge >= 0.3 is 0 Å². The van der Waals surface area contributed by atoms with Crippen LogP contribution >= 0.6 is 11.8 Å². The van der Waals surface area contributed by atoms with Crippen LogP contribution in [0, 0.1) is 0 Å². The molecule has 8 heteroatoms. The third-order valence-electron chi connectivity index (χ3n) is 3.25. The molecule has 0 atom stereocenters. The third kappa shape index (κ3) is 2.68. The summed E-state index contributed by atoms with van der Waals surface area (Å²) in [5, 5.41) is 13.2. The van der Waals surface area contributed by atoms with Crippen molar-refractivity contribution in [1.82, 2.24) is 19.9 Å². The van der Waals surface area contributed by atoms with Gasteiger partial charge in [-0.05, 0) is 24.3 Å². The van der Waals surface area contributed by atoms with Gasteiger partial charge in [0, 0.05) is 18.9 Å². The van der Waals surface area contributed by atoms with Crippen molar-refractivity contribution in [2.45, 2.75) is 10.9 Å². The summed E-state index contributed by atoms with van der Waals surface area (Å²) in [6, 6.07) is 9.17. The van der Waals surface area contributed by atoms with Gasteiger partial charge in [-0.1, -0.05) is 16.9 Å². The Labute approximate surface area is 135 Å². The number of aromatic nitrogens is 4. The van der Waals surface area contributed by atoms with E-state index in [2.05, 4.69) is 15.4 Å². The van der Waals surface area contributed by atoms with Crippen LogP contribution in [-0.2, 0) is 12.8 Å². The van der Waals surface area contributed by atoms with Crippen molar-refractivity contribution in [3.8, 4) is 23.1 Å². The lowest BCUT2D eigenvalue weighted by Crippen LogP contribution is -1.94. The van der Waals surface area contributed by atoms with Crippen LogP contribution in [0.2, 0.25) is 0 Å². The molecule has 0 amide bonds. The quantitative estimate of drug-likeness (QED) is 0.517. The molecule has 4 aromatic heterocycles. The van der Waals surface area contributed by atoms with Crippen molar-refractivity contribution in [1.29, 1.82) is 0 Å². The average Bonchev–Trinajstić information content (AvgIpc) is 3.33. The van der Waals surface area contributed by atoms with Gasteiger partial charge in [-0.25, -0.2) is 0 Å². The van der Waals surface area contributed by atoms with Gasteiger partial charge in [-0.15, -0.1) is 10.2 Å². The summed E-state index contributed by atoms with van der Waals surface area (Å²) in [7, 11) is 1.90. The summed E-state index contributed by atoms with van der Waals surface area (Å²) in [6.45, 7) is 0. The number of hydrogen-bond acceptors (Lipinski definition) is 7. The molecule has 0 aliphatic rings. The minimum atomic E-state index is 0.611. The van der Waals surface area contributed by atoms with E-state index in [1.807, 2.05) is 41.9 Å². The van der Waals surface area contributed by atoms with Crippen LogP contribution < -0.4 is 0 Å². The van der Waals surface area contributed by atoms with Gasteiger partial charge in [-0.3, -0.25) is 0 Å². The number of rotatable bonds is 5. The molecular weight excluding hydrogens is 316 g/mol. The van der Waals surface area contributed by atoms with E-state index in [1.165, 1.54) is 11.8 Å². The standard InChI is InChI=1S/C15H12N4O3S/c1-19-14(12-5-3-7-21-12)16-17-15(19)23-9-10-8-13(22-18-10)11-4-2-6-20-11/h2-8H,9H2,1H3. The molecule has 0 radical (unpaired) electrons. The lowest BCUT2D eigenvalue weighted by molar-refractivity contribution is 0.413. The lowest BCUT2D eigenvalue weighted by atomic mass is 10.3. The van der Waals surface area contributed by atoms with Crippen LogP contribution in [0.4, 0.5) is 0 Å². The number of thioether (sulfide) groups is 1. The second-order valence-corrected chi connectivity index (χ2v) is 5.73. The Balaban J connectivity index is 1.48. The summed E-state index contributed by atoms with van der Waals surface area (Å²) in [5.41, 5.74) is 0.809. The van der Waals surface area contributed by atoms with E-state index in [1.54, 1.807) is 12.5 Å². The number of furan rings is 2. The Bertz CT molecular complexity index is 893. The average molecular weight is 328 g/mol. The van der Waals surface area contributed by atoms with Gasteiger partial charge in [-0.2, -0.15) is 0 Å². The predicted molar refractivity (Wildman–Crippen MR) is 82.5 cm³/mol. The minimum Gasteiger partial charge on any atom is -0.461 e. The Kier molecular flexibility index (Phi) is 3.51. The van der Waals surface area contributed by atoms with E-state index in [0.29, 0.717) is 28.9 Å². The maximum absolute atomic E-state index is 5.35. The molecule has 0 saturated heterocycles. The van der Waals surface area contributed by atoms with Crippen LogP contribution in [0.5, 0.6) is 0 Å². The minimum absolute atomic E-state index is 0.611. The molecular formula is C15H12N4O3S. The maximum atomic E-state index is 5.35. The highest BCUT2D eigenvalue weighted by atomic mass is 32.2. The summed E-state index contributed by atoms with van der Waals surface area (Å²) >= 11 is 1.52. The second-order valence-electron chi connectivity index (χ2n) is 4.79. The maximum Gasteiger partial charge on any atom is 0.202 e. The van der Waals surface area contributed by atoms with Crippen molar-refractivity contribution in [2.75, 3.05) is 0 Å². The summed E-state index contributed by atoms with van der Waals surface area (Å²) in [6.07, 6.45) is 3.21. The lowest BCUT2D eigenvalue weighted by Gasteiger charge is -2.00. The fraction of sp³-hybridized carbons (Fsp3) is 0.133. The highest BCUT2D eigenvalue weighted by molar-refractivity contribution is 7.98. The van der Waals surface area contributed by atoms with Gasteiger partial charge in [0.05, 0.1) is 18.2 Å². The number of hydrogen-bond donors (Lipinski definition) is 0. The van der Waals surface area contributed by atoms with Crippen LogP contribution in [-0.4, -0.2) is 19.9 Å². The first-order chi connectivity index (χ1) is 11.3. The van der Waals surface area contributed by atoms with Crippen LogP contribution in [0.1, 0.15) is 5.69 Å². The molecule has 0 aromatic carbocycles.